The first-order chi connectivity index (χ1) is 9.59. The third kappa shape index (κ3) is 3.12. The molecule has 0 aromatic heterocycles. The highest BCUT2D eigenvalue weighted by atomic mass is 16.4. The summed E-state index contributed by atoms with van der Waals surface area (Å²) in [6, 6.07) is 16.1. The molecule has 3 heteroatoms. The maximum Gasteiger partial charge on any atom is 0.336 e. The first kappa shape index (κ1) is 14.0. The lowest BCUT2D eigenvalue weighted by atomic mass is 9.90. The highest BCUT2D eigenvalue weighted by molar-refractivity contribution is 6.06. The molecule has 2 rings (SSSR count). The second-order valence-corrected chi connectivity index (χ2v) is 4.81. The van der Waals surface area contributed by atoms with Crippen LogP contribution < -0.4 is 0 Å². The highest BCUT2D eigenvalue weighted by Crippen LogP contribution is 2.17. The van der Waals surface area contributed by atoms with Crippen molar-refractivity contribution in [1.29, 1.82) is 0 Å². The lowest BCUT2D eigenvalue weighted by Gasteiger charge is -2.12. The van der Waals surface area contributed by atoms with Crippen LogP contribution in [-0.2, 0) is 6.42 Å². The molecule has 0 bridgehead atoms. The van der Waals surface area contributed by atoms with Crippen LogP contribution >= 0.6 is 0 Å². The molecule has 2 aromatic rings. The molecule has 20 heavy (non-hydrogen) atoms. The molecule has 0 fully saturated rings. The molecule has 0 amide bonds. The zero-order valence-electron chi connectivity index (χ0n) is 11.2. The Morgan fingerprint density at radius 1 is 0.950 bits per heavy atom. The molecule has 0 aliphatic heterocycles. The lowest BCUT2D eigenvalue weighted by Crippen LogP contribution is -2.17. The van der Waals surface area contributed by atoms with Crippen LogP contribution in [0.4, 0.5) is 0 Å². The molecular weight excluding hydrogens is 252 g/mol. The minimum Gasteiger partial charge on any atom is -0.478 e. The number of carbonyl (C=O) groups excluding carboxylic acids is 1. The van der Waals surface area contributed by atoms with Crippen molar-refractivity contribution in [2.75, 3.05) is 0 Å². The Morgan fingerprint density at radius 2 is 1.50 bits per heavy atom. The Labute approximate surface area is 117 Å². The van der Waals surface area contributed by atoms with Gasteiger partial charge in [0.2, 0.25) is 0 Å². The minimum atomic E-state index is -1.07. The van der Waals surface area contributed by atoms with Crippen molar-refractivity contribution in [3.63, 3.8) is 0 Å². The van der Waals surface area contributed by atoms with Gasteiger partial charge in [-0.15, -0.1) is 0 Å². The number of ketones is 1. The van der Waals surface area contributed by atoms with Gasteiger partial charge in [-0.1, -0.05) is 55.5 Å². The summed E-state index contributed by atoms with van der Waals surface area (Å²) in [6.07, 6.45) is 0.605. The Bertz CT molecular complexity index is 617. The van der Waals surface area contributed by atoms with Crippen LogP contribution in [0.3, 0.4) is 0 Å². The van der Waals surface area contributed by atoms with E-state index in [0.717, 1.165) is 5.56 Å². The largest absolute Gasteiger partial charge is 0.478 e. The van der Waals surface area contributed by atoms with Crippen molar-refractivity contribution < 1.29 is 14.7 Å². The zero-order chi connectivity index (χ0) is 14.5. The summed E-state index contributed by atoms with van der Waals surface area (Å²) >= 11 is 0. The normalized spacial score (nSPS) is 11.8. The molecule has 1 unspecified atom stereocenters. The van der Waals surface area contributed by atoms with Gasteiger partial charge in [-0.2, -0.15) is 0 Å². The molecular formula is C17H16O3. The molecule has 0 saturated heterocycles. The fourth-order valence-electron chi connectivity index (χ4n) is 2.21. The van der Waals surface area contributed by atoms with E-state index < -0.39 is 5.97 Å². The van der Waals surface area contributed by atoms with Gasteiger partial charge < -0.3 is 5.11 Å². The number of carbonyl (C=O) groups is 2. The van der Waals surface area contributed by atoms with Gasteiger partial charge in [-0.05, 0) is 18.1 Å². The van der Waals surface area contributed by atoms with E-state index in [9.17, 15) is 9.59 Å². The number of benzene rings is 2. The average molecular weight is 268 g/mol. The maximum atomic E-state index is 12.4. The number of carboxylic acids is 1. The van der Waals surface area contributed by atoms with E-state index in [1.807, 2.05) is 37.3 Å². The summed E-state index contributed by atoms with van der Waals surface area (Å²) in [6.45, 7) is 1.83. The Kier molecular flexibility index (Phi) is 4.31. The first-order valence-corrected chi connectivity index (χ1v) is 6.50. The van der Waals surface area contributed by atoms with Gasteiger partial charge >= 0.3 is 5.97 Å². The van der Waals surface area contributed by atoms with E-state index >= 15 is 0 Å². The smallest absolute Gasteiger partial charge is 0.336 e. The summed E-state index contributed by atoms with van der Waals surface area (Å²) in [5.41, 5.74) is 1.42. The number of rotatable bonds is 5. The number of hydrogen-bond donors (Lipinski definition) is 1. The summed E-state index contributed by atoms with van der Waals surface area (Å²) in [7, 11) is 0. The van der Waals surface area contributed by atoms with Gasteiger partial charge in [0.1, 0.15) is 0 Å². The summed E-state index contributed by atoms with van der Waals surface area (Å²) in [5, 5.41) is 9.13. The van der Waals surface area contributed by atoms with Gasteiger partial charge in [-0.3, -0.25) is 4.79 Å². The van der Waals surface area contributed by atoms with Crippen molar-refractivity contribution >= 4 is 11.8 Å². The van der Waals surface area contributed by atoms with Crippen molar-refractivity contribution in [3.05, 3.63) is 71.3 Å². The number of hydrogen-bond acceptors (Lipinski definition) is 2. The van der Waals surface area contributed by atoms with E-state index in [2.05, 4.69) is 0 Å². The molecule has 3 nitrogen and oxygen atoms in total. The van der Waals surface area contributed by atoms with Gasteiger partial charge in [0.15, 0.2) is 5.78 Å². The second kappa shape index (κ2) is 6.15. The third-order valence-electron chi connectivity index (χ3n) is 3.26. The van der Waals surface area contributed by atoms with Crippen molar-refractivity contribution in [1.82, 2.24) is 0 Å². The summed E-state index contributed by atoms with van der Waals surface area (Å²) in [4.78, 5) is 23.6. The molecule has 0 aliphatic rings. The molecule has 0 saturated carbocycles. The van der Waals surface area contributed by atoms with Gasteiger partial charge in [-0.25, -0.2) is 4.79 Å². The molecule has 0 heterocycles. The Hall–Kier alpha value is -2.42. The molecule has 0 aliphatic carbocycles. The molecule has 0 radical (unpaired) electrons. The standard InChI is InChI=1S/C17H16O3/c1-12(11-13-7-3-2-4-8-13)16(18)14-9-5-6-10-15(14)17(19)20/h2-10,12H,11H2,1H3,(H,19,20). The van der Waals surface area contributed by atoms with Crippen LogP contribution in [0.1, 0.15) is 33.2 Å². The van der Waals surface area contributed by atoms with Gasteiger partial charge in [0, 0.05) is 11.5 Å². The van der Waals surface area contributed by atoms with Crippen molar-refractivity contribution in [3.8, 4) is 0 Å². The lowest BCUT2D eigenvalue weighted by molar-refractivity contribution is 0.0690. The van der Waals surface area contributed by atoms with E-state index in [4.69, 9.17) is 5.11 Å². The van der Waals surface area contributed by atoms with E-state index in [1.165, 1.54) is 6.07 Å². The fourth-order valence-corrected chi connectivity index (χ4v) is 2.21. The minimum absolute atomic E-state index is 0.0670. The SMILES string of the molecule is CC(Cc1ccccc1)C(=O)c1ccccc1C(=O)O. The molecule has 1 atom stereocenters. The van der Waals surface area contributed by atoms with Gasteiger partial charge in [0.05, 0.1) is 5.56 Å². The predicted molar refractivity (Wildman–Crippen MR) is 77.0 cm³/mol. The molecule has 0 spiro atoms. The maximum absolute atomic E-state index is 12.4. The van der Waals surface area contributed by atoms with Crippen molar-refractivity contribution in [2.45, 2.75) is 13.3 Å². The van der Waals surface area contributed by atoms with Gasteiger partial charge in [0.25, 0.3) is 0 Å². The summed E-state index contributed by atoms with van der Waals surface area (Å²) < 4.78 is 0. The summed E-state index contributed by atoms with van der Waals surface area (Å²) in [5.74, 6) is -1.45. The van der Waals surface area contributed by atoms with E-state index in [1.54, 1.807) is 18.2 Å². The van der Waals surface area contributed by atoms with Crippen LogP contribution in [0.15, 0.2) is 54.6 Å². The quantitative estimate of drug-likeness (QED) is 0.845. The zero-order valence-corrected chi connectivity index (χ0v) is 11.2. The monoisotopic (exact) mass is 268 g/mol. The van der Waals surface area contributed by atoms with Crippen LogP contribution in [0, 0.1) is 5.92 Å². The third-order valence-corrected chi connectivity index (χ3v) is 3.26. The van der Waals surface area contributed by atoms with Crippen LogP contribution in [0.5, 0.6) is 0 Å². The number of aromatic carboxylic acids is 1. The second-order valence-electron chi connectivity index (χ2n) is 4.81. The molecule has 102 valence electrons. The predicted octanol–water partition coefficient (Wildman–Crippen LogP) is 3.45. The number of Topliss-reactive ketones (excluding diaryl/α,β-unsaturated/α-hetero) is 1. The van der Waals surface area contributed by atoms with Crippen LogP contribution in [0.25, 0.3) is 0 Å². The molecule has 1 N–H and O–H groups in total. The van der Waals surface area contributed by atoms with E-state index in [0.29, 0.717) is 6.42 Å². The van der Waals surface area contributed by atoms with Crippen LogP contribution in [-0.4, -0.2) is 16.9 Å². The number of carboxylic acid groups (broad SMARTS) is 1. The Morgan fingerprint density at radius 3 is 2.10 bits per heavy atom. The van der Waals surface area contributed by atoms with Crippen LogP contribution in [0.2, 0.25) is 0 Å². The van der Waals surface area contributed by atoms with Crippen molar-refractivity contribution in [2.24, 2.45) is 5.92 Å². The fraction of sp³-hybridized carbons (Fsp3) is 0.176. The topological polar surface area (TPSA) is 54.4 Å². The molecule has 2 aromatic carbocycles. The highest BCUT2D eigenvalue weighted by Gasteiger charge is 2.21. The first-order valence-electron chi connectivity index (χ1n) is 6.50. The Balaban J connectivity index is 2.21. The van der Waals surface area contributed by atoms with E-state index in [-0.39, 0.29) is 22.8 Å². The average Bonchev–Trinajstić information content (AvgIpc) is 2.47.